The Labute approximate surface area is 174 Å². The van der Waals surface area contributed by atoms with E-state index in [-0.39, 0.29) is 0 Å². The molecule has 116 valence electrons. The van der Waals surface area contributed by atoms with Gasteiger partial charge in [-0.05, 0) is 105 Å². The van der Waals surface area contributed by atoms with E-state index in [4.69, 9.17) is 46.4 Å². The maximum Gasteiger partial charge on any atom is 0.252 e. The molecular formula is C14H6Cl4I2O2. The summed E-state index contributed by atoms with van der Waals surface area (Å²) >= 11 is 26.0. The highest BCUT2D eigenvalue weighted by Crippen LogP contribution is 2.20. The second-order valence-corrected chi connectivity index (χ2v) is 7.63. The first kappa shape index (κ1) is 20.4. The Balaban J connectivity index is 0.000000220. The van der Waals surface area contributed by atoms with E-state index in [1.165, 1.54) is 0 Å². The number of rotatable bonds is 2. The lowest BCUT2D eigenvalue weighted by Gasteiger charge is -1.96. The van der Waals surface area contributed by atoms with E-state index in [1.54, 1.807) is 36.4 Å². The summed E-state index contributed by atoms with van der Waals surface area (Å²) in [5, 5.41) is 0.346. The van der Waals surface area contributed by atoms with Crippen molar-refractivity contribution in [1.82, 2.24) is 0 Å². The fraction of sp³-hybridized carbons (Fsp3) is 0. The van der Waals surface area contributed by atoms with E-state index < -0.39 is 10.5 Å². The van der Waals surface area contributed by atoms with Crippen LogP contribution >= 0.6 is 91.6 Å². The average molecular weight is 602 g/mol. The zero-order chi connectivity index (χ0) is 16.9. The molecule has 0 atom stereocenters. The first-order chi connectivity index (χ1) is 10.2. The van der Waals surface area contributed by atoms with Gasteiger partial charge in [0, 0.05) is 18.3 Å². The number of hydrogen-bond donors (Lipinski definition) is 0. The number of benzene rings is 2. The summed E-state index contributed by atoms with van der Waals surface area (Å²) in [7, 11) is 0. The van der Waals surface area contributed by atoms with Gasteiger partial charge < -0.3 is 0 Å². The highest BCUT2D eigenvalue weighted by atomic mass is 127. The van der Waals surface area contributed by atoms with Gasteiger partial charge in [-0.3, -0.25) is 9.59 Å². The molecule has 0 aliphatic heterocycles. The van der Waals surface area contributed by atoms with Crippen LogP contribution in [0.4, 0.5) is 0 Å². The molecule has 0 heterocycles. The van der Waals surface area contributed by atoms with Crippen molar-refractivity contribution < 1.29 is 9.59 Å². The third-order valence-corrected chi connectivity index (χ3v) is 5.81. The van der Waals surface area contributed by atoms with Crippen LogP contribution in [0.3, 0.4) is 0 Å². The molecule has 0 aliphatic carbocycles. The van der Waals surface area contributed by atoms with Crippen LogP contribution in [0, 0.1) is 7.14 Å². The molecule has 2 rings (SSSR count). The molecule has 2 aromatic carbocycles. The SMILES string of the molecule is O=C(Cl)c1ccc(Cl)c(I)c1.O=C(Cl)c1ccc(Cl)c(I)c1. The Hall–Kier alpha value is 0.400. The van der Waals surface area contributed by atoms with E-state index in [9.17, 15) is 9.59 Å². The highest BCUT2D eigenvalue weighted by molar-refractivity contribution is 14.1. The maximum absolute atomic E-state index is 10.6. The Morgan fingerprint density at radius 3 is 1.27 bits per heavy atom. The molecule has 0 bridgehead atoms. The van der Waals surface area contributed by atoms with E-state index >= 15 is 0 Å². The predicted molar refractivity (Wildman–Crippen MR) is 109 cm³/mol. The summed E-state index contributed by atoms with van der Waals surface area (Å²) < 4.78 is 1.66. The molecule has 0 spiro atoms. The predicted octanol–water partition coefficient (Wildman–Crippen LogP) is 6.65. The molecule has 0 amide bonds. The molecule has 0 aromatic heterocycles. The summed E-state index contributed by atoms with van der Waals surface area (Å²) in [6, 6.07) is 9.80. The van der Waals surface area contributed by atoms with Crippen LogP contribution in [0.1, 0.15) is 20.7 Å². The molecule has 0 unspecified atom stereocenters. The molecule has 8 heteroatoms. The Kier molecular flexibility index (Phi) is 8.96. The van der Waals surface area contributed by atoms with Gasteiger partial charge in [0.1, 0.15) is 0 Å². The van der Waals surface area contributed by atoms with Crippen molar-refractivity contribution in [2.75, 3.05) is 0 Å². The van der Waals surface area contributed by atoms with Crippen LogP contribution in [0.2, 0.25) is 10.0 Å². The second-order valence-electron chi connectivity index (χ2n) is 3.81. The van der Waals surface area contributed by atoms with Crippen LogP contribution in [-0.4, -0.2) is 10.5 Å². The minimum Gasteiger partial charge on any atom is -0.276 e. The van der Waals surface area contributed by atoms with E-state index in [0.717, 1.165) is 7.14 Å². The summed E-state index contributed by atoms with van der Waals surface area (Å²) in [4.78, 5) is 21.3. The third-order valence-electron chi connectivity index (χ3n) is 2.29. The van der Waals surface area contributed by atoms with Crippen LogP contribution in [0.25, 0.3) is 0 Å². The monoisotopic (exact) mass is 600 g/mol. The Morgan fingerprint density at radius 2 is 1.05 bits per heavy atom. The van der Waals surface area contributed by atoms with Gasteiger partial charge in [-0.15, -0.1) is 0 Å². The Morgan fingerprint density at radius 1 is 0.727 bits per heavy atom. The minimum atomic E-state index is -0.459. The zero-order valence-electron chi connectivity index (χ0n) is 10.5. The molecule has 0 saturated heterocycles. The first-order valence-electron chi connectivity index (χ1n) is 5.52. The number of halogens is 6. The van der Waals surface area contributed by atoms with Crippen LogP contribution in [0.5, 0.6) is 0 Å². The van der Waals surface area contributed by atoms with Gasteiger partial charge in [-0.25, -0.2) is 0 Å². The molecule has 0 saturated carbocycles. The normalized spacial score (nSPS) is 9.73. The van der Waals surface area contributed by atoms with Crippen molar-refractivity contribution in [2.45, 2.75) is 0 Å². The fourth-order valence-electron chi connectivity index (χ4n) is 1.24. The highest BCUT2D eigenvalue weighted by Gasteiger charge is 2.04. The van der Waals surface area contributed by atoms with Crippen molar-refractivity contribution in [2.24, 2.45) is 0 Å². The number of carbonyl (C=O) groups is 2. The van der Waals surface area contributed by atoms with Gasteiger partial charge in [-0.1, -0.05) is 23.2 Å². The van der Waals surface area contributed by atoms with Crippen LogP contribution in [-0.2, 0) is 0 Å². The van der Waals surface area contributed by atoms with Crippen LogP contribution in [0.15, 0.2) is 36.4 Å². The minimum absolute atomic E-state index is 0.459. The molecule has 0 N–H and O–H groups in total. The third kappa shape index (κ3) is 6.49. The lowest BCUT2D eigenvalue weighted by atomic mass is 10.2. The van der Waals surface area contributed by atoms with Crippen molar-refractivity contribution in [3.05, 3.63) is 64.7 Å². The summed E-state index contributed by atoms with van der Waals surface area (Å²) in [5.74, 6) is 0. The maximum atomic E-state index is 10.6. The molecular weight excluding hydrogens is 596 g/mol. The van der Waals surface area contributed by atoms with Gasteiger partial charge in [0.15, 0.2) is 0 Å². The number of carbonyl (C=O) groups excluding carboxylic acids is 2. The number of hydrogen-bond acceptors (Lipinski definition) is 2. The van der Waals surface area contributed by atoms with E-state index in [2.05, 4.69) is 0 Å². The van der Waals surface area contributed by atoms with Gasteiger partial charge >= 0.3 is 0 Å². The van der Waals surface area contributed by atoms with Gasteiger partial charge in [0.2, 0.25) is 0 Å². The van der Waals surface area contributed by atoms with Gasteiger partial charge in [0.25, 0.3) is 10.5 Å². The first-order valence-corrected chi connectivity index (χ1v) is 9.19. The molecule has 2 nitrogen and oxygen atoms in total. The molecule has 0 fully saturated rings. The lowest BCUT2D eigenvalue weighted by molar-refractivity contribution is 0.107. The summed E-state index contributed by atoms with van der Waals surface area (Å²) in [6.45, 7) is 0. The molecule has 2 aromatic rings. The largest absolute Gasteiger partial charge is 0.276 e. The van der Waals surface area contributed by atoms with Crippen molar-refractivity contribution in [3.63, 3.8) is 0 Å². The fourth-order valence-corrected chi connectivity index (χ4v) is 2.74. The molecule has 0 radical (unpaired) electrons. The second kappa shape index (κ2) is 9.64. The standard InChI is InChI=1S/2C7H3Cl2IO/c2*8-5-2-1-4(7(9)11)3-6(5)10/h2*1-3H. The Bertz CT molecular complexity index is 658. The zero-order valence-corrected chi connectivity index (χ0v) is 17.9. The quantitative estimate of drug-likeness (QED) is 0.286. The molecule has 0 aliphatic rings. The average Bonchev–Trinajstić information content (AvgIpc) is 2.45. The van der Waals surface area contributed by atoms with Crippen molar-refractivity contribution in [3.8, 4) is 0 Å². The van der Waals surface area contributed by atoms with E-state index in [1.807, 2.05) is 45.2 Å². The van der Waals surface area contributed by atoms with Crippen LogP contribution < -0.4 is 0 Å². The van der Waals surface area contributed by atoms with Crippen molar-refractivity contribution >= 4 is 102 Å². The van der Waals surface area contributed by atoms with Gasteiger partial charge in [0.05, 0.1) is 10.0 Å². The molecule has 22 heavy (non-hydrogen) atoms. The topological polar surface area (TPSA) is 34.1 Å². The van der Waals surface area contributed by atoms with Gasteiger partial charge in [-0.2, -0.15) is 0 Å². The lowest BCUT2D eigenvalue weighted by Crippen LogP contribution is -1.88. The summed E-state index contributed by atoms with van der Waals surface area (Å²) in [5.41, 5.74) is 0.945. The van der Waals surface area contributed by atoms with Crippen molar-refractivity contribution in [1.29, 1.82) is 0 Å². The smallest absolute Gasteiger partial charge is 0.252 e. The van der Waals surface area contributed by atoms with E-state index in [0.29, 0.717) is 21.2 Å². The summed E-state index contributed by atoms with van der Waals surface area (Å²) in [6.07, 6.45) is 0.